The van der Waals surface area contributed by atoms with Crippen molar-refractivity contribution in [1.82, 2.24) is 20.9 Å². The number of nitrogens with one attached hydrogen (secondary N) is 4. The number of aliphatic hydroxyl groups is 1. The fraction of sp³-hybridized carbons (Fsp3) is 0.500. The molecule has 39 heavy (non-hydrogen) atoms. The minimum Gasteiger partial charge on any atom is -0.481 e. The number of fused-ring (bicyclic) bond motifs is 1. The summed E-state index contributed by atoms with van der Waals surface area (Å²) in [5.41, 5.74) is 7.12. The van der Waals surface area contributed by atoms with Gasteiger partial charge in [0.05, 0.1) is 6.10 Å². The van der Waals surface area contributed by atoms with E-state index in [9.17, 15) is 34.2 Å². The predicted octanol–water partition coefficient (Wildman–Crippen LogP) is -0.132. The van der Waals surface area contributed by atoms with Crippen LogP contribution in [-0.4, -0.2) is 80.2 Å². The standard InChI is InChI=1S/C26H37N5O8/c1-4-13(2)22(31-24(36)21(27)14(3)32)25(37)29-18(9-10-20(33)34)23(35)30-19(26(38)39)11-15-12-28-17-8-6-5-7-16(15)17/h5-8,12-14,18-19,21-22,28,32H,4,9-11,27H2,1-3H3,(H,29,37)(H,30,35)(H,31,36)(H,33,34)(H,38,39). The third-order valence-electron chi connectivity index (χ3n) is 6.61. The molecule has 1 heterocycles. The highest BCUT2D eigenvalue weighted by molar-refractivity contribution is 5.94. The Kier molecular flexibility index (Phi) is 11.4. The number of hydrogen-bond donors (Lipinski definition) is 8. The van der Waals surface area contributed by atoms with Crippen LogP contribution in [-0.2, 0) is 30.4 Å². The van der Waals surface area contributed by atoms with E-state index in [1.165, 1.54) is 6.92 Å². The van der Waals surface area contributed by atoms with Crippen LogP contribution in [0.15, 0.2) is 30.5 Å². The summed E-state index contributed by atoms with van der Waals surface area (Å²) in [6, 6.07) is 2.05. The van der Waals surface area contributed by atoms with Crippen LogP contribution in [0.2, 0.25) is 0 Å². The van der Waals surface area contributed by atoms with Gasteiger partial charge in [-0.05, 0) is 30.9 Å². The Morgan fingerprint density at radius 3 is 2.18 bits per heavy atom. The molecular weight excluding hydrogens is 510 g/mol. The van der Waals surface area contributed by atoms with Gasteiger partial charge >= 0.3 is 11.9 Å². The zero-order valence-electron chi connectivity index (χ0n) is 22.1. The van der Waals surface area contributed by atoms with Crippen LogP contribution < -0.4 is 21.7 Å². The Labute approximate surface area is 225 Å². The van der Waals surface area contributed by atoms with Crippen molar-refractivity contribution in [3.63, 3.8) is 0 Å². The molecule has 0 saturated carbocycles. The maximum absolute atomic E-state index is 13.2. The van der Waals surface area contributed by atoms with Gasteiger partial charge in [-0.25, -0.2) is 4.79 Å². The van der Waals surface area contributed by atoms with E-state index in [0.29, 0.717) is 12.0 Å². The number of carbonyl (C=O) groups is 5. The van der Waals surface area contributed by atoms with Crippen molar-refractivity contribution in [2.45, 2.75) is 76.7 Å². The molecule has 1 aromatic carbocycles. The van der Waals surface area contributed by atoms with Crippen molar-refractivity contribution in [2.24, 2.45) is 11.7 Å². The quantitative estimate of drug-likeness (QED) is 0.148. The number of rotatable bonds is 15. The van der Waals surface area contributed by atoms with Gasteiger partial charge in [0.1, 0.15) is 24.2 Å². The maximum atomic E-state index is 13.2. The molecule has 0 radical (unpaired) electrons. The maximum Gasteiger partial charge on any atom is 0.326 e. The number of carbonyl (C=O) groups excluding carboxylic acids is 3. The van der Waals surface area contributed by atoms with Gasteiger partial charge in [-0.1, -0.05) is 38.5 Å². The van der Waals surface area contributed by atoms with E-state index in [-0.39, 0.29) is 12.8 Å². The molecule has 13 nitrogen and oxygen atoms in total. The Morgan fingerprint density at radius 1 is 0.949 bits per heavy atom. The summed E-state index contributed by atoms with van der Waals surface area (Å²) in [5, 5.41) is 36.7. The number of aliphatic carboxylic acids is 2. The van der Waals surface area contributed by atoms with Crippen LogP contribution in [0.1, 0.15) is 45.6 Å². The summed E-state index contributed by atoms with van der Waals surface area (Å²) in [7, 11) is 0. The molecule has 9 N–H and O–H groups in total. The molecule has 0 saturated heterocycles. The highest BCUT2D eigenvalue weighted by atomic mass is 16.4. The molecule has 2 aromatic rings. The van der Waals surface area contributed by atoms with Gasteiger partial charge in [0, 0.05) is 29.9 Å². The molecule has 1 aromatic heterocycles. The zero-order chi connectivity index (χ0) is 29.3. The van der Waals surface area contributed by atoms with Crippen molar-refractivity contribution in [3.05, 3.63) is 36.0 Å². The van der Waals surface area contributed by atoms with Crippen molar-refractivity contribution in [2.75, 3.05) is 0 Å². The number of carboxylic acids is 2. The van der Waals surface area contributed by atoms with Gasteiger partial charge in [-0.3, -0.25) is 19.2 Å². The van der Waals surface area contributed by atoms with Crippen LogP contribution in [0.3, 0.4) is 0 Å². The van der Waals surface area contributed by atoms with Crippen molar-refractivity contribution in [3.8, 4) is 0 Å². The van der Waals surface area contributed by atoms with Crippen molar-refractivity contribution in [1.29, 1.82) is 0 Å². The van der Waals surface area contributed by atoms with Gasteiger partial charge < -0.3 is 42.0 Å². The lowest BCUT2D eigenvalue weighted by Crippen LogP contribution is -2.59. The Balaban J connectivity index is 2.23. The number of para-hydroxylation sites is 1. The van der Waals surface area contributed by atoms with Gasteiger partial charge in [0.25, 0.3) is 0 Å². The molecular formula is C26H37N5O8. The van der Waals surface area contributed by atoms with Crippen LogP contribution in [0.25, 0.3) is 10.9 Å². The first-order valence-corrected chi connectivity index (χ1v) is 12.7. The van der Waals surface area contributed by atoms with Crippen molar-refractivity contribution < 1.29 is 39.3 Å². The second-order valence-electron chi connectivity index (χ2n) is 9.59. The van der Waals surface area contributed by atoms with Crippen LogP contribution in [0.4, 0.5) is 0 Å². The topological polar surface area (TPSA) is 224 Å². The molecule has 6 unspecified atom stereocenters. The van der Waals surface area contributed by atoms with Gasteiger partial charge in [-0.15, -0.1) is 0 Å². The summed E-state index contributed by atoms with van der Waals surface area (Å²) < 4.78 is 0. The second kappa shape index (κ2) is 14.3. The number of aliphatic hydroxyl groups excluding tert-OH is 1. The molecule has 0 bridgehead atoms. The molecule has 2 rings (SSSR count). The second-order valence-corrected chi connectivity index (χ2v) is 9.59. The van der Waals surface area contributed by atoms with E-state index in [0.717, 1.165) is 10.9 Å². The Hall–Kier alpha value is -3.97. The smallest absolute Gasteiger partial charge is 0.326 e. The first-order chi connectivity index (χ1) is 18.3. The lowest BCUT2D eigenvalue weighted by molar-refractivity contribution is -0.143. The first kappa shape index (κ1) is 31.2. The average Bonchev–Trinajstić information content (AvgIpc) is 3.30. The fourth-order valence-electron chi connectivity index (χ4n) is 3.96. The third-order valence-corrected chi connectivity index (χ3v) is 6.61. The lowest BCUT2D eigenvalue weighted by atomic mass is 9.96. The van der Waals surface area contributed by atoms with E-state index in [4.69, 9.17) is 10.8 Å². The number of benzene rings is 1. The lowest BCUT2D eigenvalue weighted by Gasteiger charge is -2.28. The Morgan fingerprint density at radius 2 is 1.59 bits per heavy atom. The summed E-state index contributed by atoms with van der Waals surface area (Å²) >= 11 is 0. The normalized spacial score (nSPS) is 15.8. The summed E-state index contributed by atoms with van der Waals surface area (Å²) in [6.45, 7) is 4.79. The highest BCUT2D eigenvalue weighted by Gasteiger charge is 2.33. The van der Waals surface area contributed by atoms with Crippen LogP contribution >= 0.6 is 0 Å². The summed E-state index contributed by atoms with van der Waals surface area (Å²) in [6.07, 6.45) is 0.0677. The molecule has 0 aliphatic heterocycles. The molecule has 0 aliphatic rings. The van der Waals surface area contributed by atoms with E-state index < -0.39 is 72.3 Å². The summed E-state index contributed by atoms with van der Waals surface area (Å²) in [4.78, 5) is 65.0. The number of aromatic amines is 1. The number of H-pyrrole nitrogens is 1. The third kappa shape index (κ3) is 8.79. The molecule has 3 amide bonds. The molecule has 0 fully saturated rings. The summed E-state index contributed by atoms with van der Waals surface area (Å²) in [5.74, 6) is -5.37. The van der Waals surface area contributed by atoms with E-state index >= 15 is 0 Å². The first-order valence-electron chi connectivity index (χ1n) is 12.7. The number of carboxylic acid groups (broad SMARTS) is 2. The highest BCUT2D eigenvalue weighted by Crippen LogP contribution is 2.19. The largest absolute Gasteiger partial charge is 0.481 e. The minimum absolute atomic E-state index is 0.0620. The molecule has 13 heteroatoms. The Bertz CT molecular complexity index is 1180. The van der Waals surface area contributed by atoms with Crippen LogP contribution in [0.5, 0.6) is 0 Å². The number of hydrogen-bond acceptors (Lipinski definition) is 7. The molecule has 6 atom stereocenters. The van der Waals surface area contributed by atoms with E-state index in [1.54, 1.807) is 26.1 Å². The van der Waals surface area contributed by atoms with E-state index in [2.05, 4.69) is 20.9 Å². The number of aromatic nitrogens is 1. The monoisotopic (exact) mass is 547 g/mol. The molecule has 214 valence electrons. The predicted molar refractivity (Wildman–Crippen MR) is 141 cm³/mol. The zero-order valence-corrected chi connectivity index (χ0v) is 22.1. The molecule has 0 aliphatic carbocycles. The van der Waals surface area contributed by atoms with Gasteiger partial charge in [0.15, 0.2) is 0 Å². The average molecular weight is 548 g/mol. The SMILES string of the molecule is CCC(C)C(NC(=O)C(N)C(C)O)C(=O)NC(CCC(=O)O)C(=O)NC(Cc1c[nH]c2ccccc12)C(=O)O. The molecule has 0 spiro atoms. The fourth-order valence-corrected chi connectivity index (χ4v) is 3.96. The van der Waals surface area contributed by atoms with Crippen LogP contribution in [0, 0.1) is 5.92 Å². The number of nitrogens with two attached hydrogens (primary N) is 1. The van der Waals surface area contributed by atoms with E-state index in [1.807, 2.05) is 18.2 Å². The number of amides is 3. The van der Waals surface area contributed by atoms with Gasteiger partial charge in [0.2, 0.25) is 17.7 Å². The minimum atomic E-state index is -1.40. The van der Waals surface area contributed by atoms with Crippen molar-refractivity contribution >= 4 is 40.6 Å². The van der Waals surface area contributed by atoms with Gasteiger partial charge in [-0.2, -0.15) is 0 Å².